The Morgan fingerprint density at radius 1 is 1.14 bits per heavy atom. The van der Waals surface area contributed by atoms with E-state index in [0.29, 0.717) is 37.6 Å². The molecule has 0 bridgehead atoms. The van der Waals surface area contributed by atoms with Crippen molar-refractivity contribution in [1.82, 2.24) is 19.6 Å². The van der Waals surface area contributed by atoms with Gasteiger partial charge in [0.1, 0.15) is 0 Å². The van der Waals surface area contributed by atoms with Crippen LogP contribution in [0, 0.1) is 6.92 Å². The molecule has 1 aliphatic rings. The van der Waals surface area contributed by atoms with Gasteiger partial charge in [0.15, 0.2) is 11.5 Å². The number of aryl methyl sites for hydroxylation is 2. The molecular formula is C15H18N4O3. The number of hydrogen-bond acceptors (Lipinski definition) is 4. The van der Waals surface area contributed by atoms with Gasteiger partial charge >= 0.3 is 0 Å². The van der Waals surface area contributed by atoms with Crippen LogP contribution in [0.15, 0.2) is 29.0 Å². The van der Waals surface area contributed by atoms with E-state index in [1.54, 1.807) is 33.7 Å². The number of hydrogen-bond donors (Lipinski definition) is 0. The Kier molecular flexibility index (Phi) is 3.70. The summed E-state index contributed by atoms with van der Waals surface area (Å²) in [4.78, 5) is 28.1. The first-order chi connectivity index (χ1) is 10.6. The van der Waals surface area contributed by atoms with Crippen LogP contribution in [0.25, 0.3) is 0 Å². The lowest BCUT2D eigenvalue weighted by molar-refractivity contribution is 0.0514. The zero-order chi connectivity index (χ0) is 15.7. The molecule has 2 aromatic heterocycles. The summed E-state index contributed by atoms with van der Waals surface area (Å²) in [6.07, 6.45) is 3.31. The molecule has 7 nitrogen and oxygen atoms in total. The van der Waals surface area contributed by atoms with Crippen LogP contribution in [-0.4, -0.2) is 57.6 Å². The van der Waals surface area contributed by atoms with Crippen molar-refractivity contribution in [2.45, 2.75) is 6.92 Å². The van der Waals surface area contributed by atoms with E-state index in [9.17, 15) is 9.59 Å². The van der Waals surface area contributed by atoms with E-state index in [1.807, 2.05) is 13.1 Å². The third-order valence-corrected chi connectivity index (χ3v) is 3.80. The smallest absolute Gasteiger partial charge is 0.289 e. The molecule has 2 aromatic rings. The van der Waals surface area contributed by atoms with Gasteiger partial charge in [-0.2, -0.15) is 5.10 Å². The lowest BCUT2D eigenvalue weighted by Gasteiger charge is -2.34. The average Bonchev–Trinajstić information content (AvgIpc) is 3.15. The van der Waals surface area contributed by atoms with Crippen molar-refractivity contribution in [3.05, 3.63) is 41.6 Å². The fourth-order valence-electron chi connectivity index (χ4n) is 2.64. The number of carbonyl (C=O) groups is 2. The largest absolute Gasteiger partial charge is 0.459 e. The van der Waals surface area contributed by atoms with Crippen molar-refractivity contribution in [2.24, 2.45) is 7.05 Å². The Morgan fingerprint density at radius 2 is 1.77 bits per heavy atom. The van der Waals surface area contributed by atoms with Gasteiger partial charge in [-0.05, 0) is 19.1 Å². The van der Waals surface area contributed by atoms with Crippen LogP contribution >= 0.6 is 0 Å². The van der Waals surface area contributed by atoms with Gasteiger partial charge in [0.2, 0.25) is 0 Å². The van der Waals surface area contributed by atoms with Crippen molar-refractivity contribution >= 4 is 11.8 Å². The van der Waals surface area contributed by atoms with Gasteiger partial charge in [-0.15, -0.1) is 0 Å². The van der Waals surface area contributed by atoms with Crippen LogP contribution in [0.2, 0.25) is 0 Å². The third kappa shape index (κ3) is 2.61. The highest BCUT2D eigenvalue weighted by atomic mass is 16.3. The molecule has 0 spiro atoms. The molecule has 0 aromatic carbocycles. The second kappa shape index (κ2) is 5.67. The summed E-state index contributed by atoms with van der Waals surface area (Å²) in [5.74, 6) is 0.120. The molecule has 1 aliphatic heterocycles. The maximum Gasteiger partial charge on any atom is 0.289 e. The van der Waals surface area contributed by atoms with Gasteiger partial charge in [0.25, 0.3) is 11.8 Å². The standard InChI is InChI=1S/C15H18N4O3/c1-11-10-17(2)16-13(11)15(21)19-7-5-18(6-8-19)14(20)12-4-3-9-22-12/h3-4,9-10H,5-8H2,1-2H3. The van der Waals surface area contributed by atoms with Crippen LogP contribution in [-0.2, 0) is 7.05 Å². The van der Waals surface area contributed by atoms with Crippen LogP contribution < -0.4 is 0 Å². The highest BCUT2D eigenvalue weighted by Gasteiger charge is 2.28. The minimum Gasteiger partial charge on any atom is -0.459 e. The molecule has 0 unspecified atom stereocenters. The summed E-state index contributed by atoms with van der Waals surface area (Å²) in [5, 5.41) is 4.21. The van der Waals surface area contributed by atoms with E-state index < -0.39 is 0 Å². The normalized spacial score (nSPS) is 15.2. The first-order valence-electron chi connectivity index (χ1n) is 7.18. The van der Waals surface area contributed by atoms with E-state index >= 15 is 0 Å². The highest BCUT2D eigenvalue weighted by molar-refractivity contribution is 5.94. The van der Waals surface area contributed by atoms with Gasteiger partial charge in [0, 0.05) is 45.0 Å². The molecule has 1 saturated heterocycles. The number of aromatic nitrogens is 2. The van der Waals surface area contributed by atoms with E-state index in [0.717, 1.165) is 5.56 Å². The second-order valence-corrected chi connectivity index (χ2v) is 5.40. The zero-order valence-corrected chi connectivity index (χ0v) is 12.7. The average molecular weight is 302 g/mol. The fourth-order valence-corrected chi connectivity index (χ4v) is 2.64. The molecule has 0 saturated carbocycles. The second-order valence-electron chi connectivity index (χ2n) is 5.40. The minimum atomic E-state index is -0.133. The number of amides is 2. The number of furan rings is 1. The molecule has 1 fully saturated rings. The fraction of sp³-hybridized carbons (Fsp3) is 0.400. The first-order valence-corrected chi connectivity index (χ1v) is 7.18. The maximum atomic E-state index is 12.5. The summed E-state index contributed by atoms with van der Waals surface area (Å²) in [7, 11) is 1.80. The summed E-state index contributed by atoms with van der Waals surface area (Å²) in [6, 6.07) is 3.34. The summed E-state index contributed by atoms with van der Waals surface area (Å²) in [6.45, 7) is 3.87. The third-order valence-electron chi connectivity index (χ3n) is 3.80. The lowest BCUT2D eigenvalue weighted by Crippen LogP contribution is -2.50. The monoisotopic (exact) mass is 302 g/mol. The molecule has 3 heterocycles. The number of carbonyl (C=O) groups excluding carboxylic acids is 2. The van der Waals surface area contributed by atoms with E-state index in [-0.39, 0.29) is 11.8 Å². The van der Waals surface area contributed by atoms with E-state index in [2.05, 4.69) is 5.10 Å². The molecule has 0 N–H and O–H groups in total. The van der Waals surface area contributed by atoms with Crippen LogP contribution in [0.1, 0.15) is 26.6 Å². The summed E-state index contributed by atoms with van der Waals surface area (Å²) < 4.78 is 6.76. The number of nitrogens with zero attached hydrogens (tertiary/aromatic N) is 4. The molecule has 0 atom stereocenters. The first kappa shape index (κ1) is 14.4. The Morgan fingerprint density at radius 3 is 2.27 bits per heavy atom. The molecule has 2 amide bonds. The van der Waals surface area contributed by atoms with Crippen molar-refractivity contribution < 1.29 is 14.0 Å². The molecule has 0 aliphatic carbocycles. The van der Waals surface area contributed by atoms with Gasteiger partial charge in [-0.3, -0.25) is 14.3 Å². The lowest BCUT2D eigenvalue weighted by atomic mass is 10.2. The van der Waals surface area contributed by atoms with E-state index in [1.165, 1.54) is 6.26 Å². The minimum absolute atomic E-state index is 0.0804. The molecule has 22 heavy (non-hydrogen) atoms. The highest BCUT2D eigenvalue weighted by Crippen LogP contribution is 2.13. The zero-order valence-electron chi connectivity index (χ0n) is 12.7. The quantitative estimate of drug-likeness (QED) is 0.827. The number of rotatable bonds is 2. The van der Waals surface area contributed by atoms with Gasteiger partial charge < -0.3 is 14.2 Å². The van der Waals surface area contributed by atoms with Crippen molar-refractivity contribution in [1.29, 1.82) is 0 Å². The summed E-state index contributed by atoms with van der Waals surface area (Å²) >= 11 is 0. The predicted octanol–water partition coefficient (Wildman–Crippen LogP) is 0.920. The maximum absolute atomic E-state index is 12.5. The SMILES string of the molecule is Cc1cn(C)nc1C(=O)N1CCN(C(=O)c2ccco2)CC1. The predicted molar refractivity (Wildman–Crippen MR) is 78.5 cm³/mol. The van der Waals surface area contributed by atoms with Crippen molar-refractivity contribution in [3.63, 3.8) is 0 Å². The molecule has 0 radical (unpaired) electrons. The number of piperazine rings is 1. The van der Waals surface area contributed by atoms with Gasteiger partial charge in [0.05, 0.1) is 6.26 Å². The molecular weight excluding hydrogens is 284 g/mol. The van der Waals surface area contributed by atoms with E-state index in [4.69, 9.17) is 4.42 Å². The summed E-state index contributed by atoms with van der Waals surface area (Å²) in [5.41, 5.74) is 1.34. The molecule has 7 heteroatoms. The topological polar surface area (TPSA) is 71.6 Å². The van der Waals surface area contributed by atoms with Crippen molar-refractivity contribution in [3.8, 4) is 0 Å². The Hall–Kier alpha value is -2.57. The Balaban J connectivity index is 1.63. The Labute approximate surface area is 128 Å². The van der Waals surface area contributed by atoms with Crippen LogP contribution in [0.5, 0.6) is 0 Å². The van der Waals surface area contributed by atoms with Crippen molar-refractivity contribution in [2.75, 3.05) is 26.2 Å². The molecule has 3 rings (SSSR count). The molecule has 116 valence electrons. The van der Waals surface area contributed by atoms with Gasteiger partial charge in [-0.25, -0.2) is 0 Å². The Bertz CT molecular complexity index is 682. The van der Waals surface area contributed by atoms with Gasteiger partial charge in [-0.1, -0.05) is 0 Å². The van der Waals surface area contributed by atoms with Crippen LogP contribution in [0.3, 0.4) is 0 Å². The van der Waals surface area contributed by atoms with Crippen LogP contribution in [0.4, 0.5) is 0 Å².